The van der Waals surface area contributed by atoms with Crippen LogP contribution in [0.15, 0.2) is 0 Å². The van der Waals surface area contributed by atoms with Crippen molar-refractivity contribution in [3.8, 4) is 6.07 Å². The van der Waals surface area contributed by atoms with E-state index in [2.05, 4.69) is 4.72 Å². The summed E-state index contributed by atoms with van der Waals surface area (Å²) in [4.78, 5) is 0. The summed E-state index contributed by atoms with van der Waals surface area (Å²) < 4.78 is 26.2. The Morgan fingerprint density at radius 2 is 2.08 bits per heavy atom. The molecule has 0 rings (SSSR count). The van der Waals surface area contributed by atoms with Gasteiger partial charge in [0.2, 0.25) is 0 Å². The fraction of sp³-hybridized carbons (Fsp3) is 0.857. The molecule has 0 aromatic carbocycles. The maximum absolute atomic E-state index is 11.4. The molecule has 0 heterocycles. The smallest absolute Gasteiger partial charge is 0.205 e. The van der Waals surface area contributed by atoms with Crippen LogP contribution in [0.1, 0.15) is 20.3 Å². The van der Waals surface area contributed by atoms with Gasteiger partial charge < -0.3 is 0 Å². The number of rotatable bonds is 5. The van der Waals surface area contributed by atoms with Gasteiger partial charge >= 0.3 is 0 Å². The molecule has 0 saturated carbocycles. The minimum absolute atomic E-state index is 0.134. The SMILES string of the molecule is CNS(=O)(=O)N(CCC#N)C(C)C. The molecule has 0 fully saturated rings. The molecule has 0 aliphatic carbocycles. The molecule has 0 radical (unpaired) electrons. The first kappa shape index (κ1) is 12.4. The Labute approximate surface area is 79.5 Å². The fourth-order valence-corrected chi connectivity index (χ4v) is 2.05. The van der Waals surface area contributed by atoms with Gasteiger partial charge in [-0.1, -0.05) is 0 Å². The molecule has 0 atom stereocenters. The van der Waals surface area contributed by atoms with Gasteiger partial charge in [0, 0.05) is 26.1 Å². The molecule has 0 aromatic rings. The Morgan fingerprint density at radius 3 is 2.38 bits per heavy atom. The summed E-state index contributed by atoms with van der Waals surface area (Å²) in [7, 11) is -2.04. The molecule has 0 saturated heterocycles. The monoisotopic (exact) mass is 205 g/mol. The van der Waals surface area contributed by atoms with Crippen molar-refractivity contribution in [2.45, 2.75) is 26.3 Å². The highest BCUT2D eigenvalue weighted by atomic mass is 32.2. The molecule has 6 heteroatoms. The van der Waals surface area contributed by atoms with E-state index in [0.29, 0.717) is 0 Å². The normalized spacial score (nSPS) is 12.0. The van der Waals surface area contributed by atoms with Gasteiger partial charge in [-0.25, -0.2) is 4.72 Å². The van der Waals surface area contributed by atoms with E-state index < -0.39 is 10.2 Å². The molecule has 0 unspecified atom stereocenters. The van der Waals surface area contributed by atoms with Crippen molar-refractivity contribution in [2.75, 3.05) is 13.6 Å². The molecule has 0 aliphatic rings. The Balaban J connectivity index is 4.54. The molecule has 0 spiro atoms. The number of hydrogen-bond acceptors (Lipinski definition) is 3. The second-order valence-electron chi connectivity index (χ2n) is 2.82. The molecular formula is C7H15N3O2S. The van der Waals surface area contributed by atoms with Gasteiger partial charge in [0.1, 0.15) is 0 Å². The van der Waals surface area contributed by atoms with E-state index in [1.165, 1.54) is 11.4 Å². The third-order valence-electron chi connectivity index (χ3n) is 1.59. The molecule has 5 nitrogen and oxygen atoms in total. The number of nitrogens with one attached hydrogen (secondary N) is 1. The van der Waals surface area contributed by atoms with Gasteiger partial charge in [-0.2, -0.15) is 18.0 Å². The highest BCUT2D eigenvalue weighted by Gasteiger charge is 2.22. The summed E-state index contributed by atoms with van der Waals surface area (Å²) in [5.41, 5.74) is 0. The standard InChI is InChI=1S/C7H15N3O2S/c1-7(2)10(6-4-5-8)13(11,12)9-3/h7,9H,4,6H2,1-3H3. The summed E-state index contributed by atoms with van der Waals surface area (Å²) in [5.74, 6) is 0. The van der Waals surface area contributed by atoms with Crippen LogP contribution in [-0.4, -0.2) is 32.4 Å². The van der Waals surface area contributed by atoms with E-state index in [-0.39, 0.29) is 19.0 Å². The lowest BCUT2D eigenvalue weighted by Gasteiger charge is -2.23. The van der Waals surface area contributed by atoms with Crippen LogP contribution in [0.4, 0.5) is 0 Å². The highest BCUT2D eigenvalue weighted by molar-refractivity contribution is 7.87. The van der Waals surface area contributed by atoms with E-state index in [4.69, 9.17) is 5.26 Å². The zero-order chi connectivity index (χ0) is 10.5. The first-order chi connectivity index (χ1) is 5.95. The molecule has 76 valence electrons. The van der Waals surface area contributed by atoms with Crippen molar-refractivity contribution < 1.29 is 8.42 Å². The van der Waals surface area contributed by atoms with Crippen LogP contribution in [-0.2, 0) is 10.2 Å². The van der Waals surface area contributed by atoms with Crippen molar-refractivity contribution in [3.05, 3.63) is 0 Å². The Bertz CT molecular complexity index is 279. The molecule has 0 bridgehead atoms. The molecule has 0 aromatic heterocycles. The van der Waals surface area contributed by atoms with Crippen molar-refractivity contribution in [1.82, 2.24) is 9.03 Å². The van der Waals surface area contributed by atoms with Gasteiger partial charge in [-0.15, -0.1) is 0 Å². The van der Waals surface area contributed by atoms with Crippen LogP contribution in [0, 0.1) is 11.3 Å². The third kappa shape index (κ3) is 3.72. The van der Waals surface area contributed by atoms with E-state index in [1.54, 1.807) is 13.8 Å². The lowest BCUT2D eigenvalue weighted by Crippen LogP contribution is -2.43. The first-order valence-corrected chi connectivity index (χ1v) is 5.47. The van der Waals surface area contributed by atoms with E-state index in [9.17, 15) is 8.42 Å². The van der Waals surface area contributed by atoms with Crippen LogP contribution >= 0.6 is 0 Å². The van der Waals surface area contributed by atoms with Crippen molar-refractivity contribution >= 4 is 10.2 Å². The predicted octanol–water partition coefficient (Wildman–Crippen LogP) is 0.0747. The first-order valence-electron chi connectivity index (χ1n) is 4.03. The van der Waals surface area contributed by atoms with Crippen molar-refractivity contribution in [1.29, 1.82) is 5.26 Å². The Hall–Kier alpha value is -0.640. The maximum atomic E-state index is 11.4. The van der Waals surface area contributed by atoms with E-state index in [1.807, 2.05) is 6.07 Å². The molecule has 13 heavy (non-hydrogen) atoms. The average molecular weight is 205 g/mol. The lowest BCUT2D eigenvalue weighted by atomic mass is 10.3. The lowest BCUT2D eigenvalue weighted by molar-refractivity contribution is 0.356. The molecular weight excluding hydrogens is 190 g/mol. The number of nitriles is 1. The van der Waals surface area contributed by atoms with Crippen LogP contribution in [0.5, 0.6) is 0 Å². The van der Waals surface area contributed by atoms with Gasteiger partial charge in [0.15, 0.2) is 0 Å². The number of hydrogen-bond donors (Lipinski definition) is 1. The molecule has 1 N–H and O–H groups in total. The van der Waals surface area contributed by atoms with E-state index >= 15 is 0 Å². The van der Waals surface area contributed by atoms with Crippen LogP contribution in [0.25, 0.3) is 0 Å². The van der Waals surface area contributed by atoms with E-state index in [0.717, 1.165) is 0 Å². The summed E-state index contributed by atoms with van der Waals surface area (Å²) in [6.45, 7) is 3.77. The summed E-state index contributed by atoms with van der Waals surface area (Å²) >= 11 is 0. The second-order valence-corrected chi connectivity index (χ2v) is 4.65. The predicted molar refractivity (Wildman–Crippen MR) is 50.1 cm³/mol. The number of nitrogens with zero attached hydrogens (tertiary/aromatic N) is 2. The molecule has 0 aliphatic heterocycles. The minimum Gasteiger partial charge on any atom is -0.205 e. The fourth-order valence-electron chi connectivity index (χ4n) is 0.933. The third-order valence-corrected chi connectivity index (χ3v) is 3.32. The Kier molecular flexibility index (Phi) is 4.91. The van der Waals surface area contributed by atoms with Gasteiger partial charge in [-0.3, -0.25) is 0 Å². The molecule has 0 amide bonds. The highest BCUT2D eigenvalue weighted by Crippen LogP contribution is 2.04. The Morgan fingerprint density at radius 1 is 1.54 bits per heavy atom. The quantitative estimate of drug-likeness (QED) is 0.690. The van der Waals surface area contributed by atoms with Gasteiger partial charge in [0.05, 0.1) is 6.07 Å². The van der Waals surface area contributed by atoms with Gasteiger partial charge in [0.25, 0.3) is 10.2 Å². The largest absolute Gasteiger partial charge is 0.279 e. The summed E-state index contributed by atoms with van der Waals surface area (Å²) in [6, 6.07) is 1.78. The zero-order valence-corrected chi connectivity index (χ0v) is 8.93. The van der Waals surface area contributed by atoms with Crippen LogP contribution in [0.3, 0.4) is 0 Å². The summed E-state index contributed by atoms with van der Waals surface area (Å²) in [5, 5.41) is 8.34. The van der Waals surface area contributed by atoms with Crippen molar-refractivity contribution in [2.24, 2.45) is 0 Å². The topological polar surface area (TPSA) is 73.2 Å². The second kappa shape index (κ2) is 5.17. The maximum Gasteiger partial charge on any atom is 0.279 e. The van der Waals surface area contributed by atoms with Crippen molar-refractivity contribution in [3.63, 3.8) is 0 Å². The zero-order valence-electron chi connectivity index (χ0n) is 8.11. The summed E-state index contributed by atoms with van der Waals surface area (Å²) in [6.07, 6.45) is 0.207. The van der Waals surface area contributed by atoms with Gasteiger partial charge in [-0.05, 0) is 13.8 Å². The average Bonchev–Trinajstić information content (AvgIpc) is 2.04. The van der Waals surface area contributed by atoms with Crippen LogP contribution in [0.2, 0.25) is 0 Å². The minimum atomic E-state index is -3.40. The van der Waals surface area contributed by atoms with Crippen LogP contribution < -0.4 is 4.72 Å².